The molecule has 0 aromatic carbocycles. The van der Waals surface area contributed by atoms with Crippen LogP contribution in [0.3, 0.4) is 0 Å². The highest BCUT2D eigenvalue weighted by molar-refractivity contribution is 7.47. The zero-order valence-electron chi connectivity index (χ0n) is 58.1. The van der Waals surface area contributed by atoms with Crippen molar-refractivity contribution in [3.05, 3.63) is 0 Å². The molecule has 0 heterocycles. The van der Waals surface area contributed by atoms with Crippen LogP contribution in [0.5, 0.6) is 0 Å². The monoisotopic (exact) mass is 1310 g/mol. The normalized spacial score (nSPS) is 14.6. The Balaban J connectivity index is 5.25. The molecule has 0 aromatic rings. The van der Waals surface area contributed by atoms with Crippen LogP contribution < -0.4 is 0 Å². The summed E-state index contributed by atoms with van der Waals surface area (Å²) >= 11 is 0. The highest BCUT2D eigenvalue weighted by Crippen LogP contribution is 2.45. The molecule has 0 radical (unpaired) electrons. The molecule has 3 N–H and O–H groups in total. The molecule has 4 unspecified atom stereocenters. The first kappa shape index (κ1) is 87.1. The summed E-state index contributed by atoms with van der Waals surface area (Å²) in [5.41, 5.74) is 0. The molecule has 0 aliphatic carbocycles. The predicted molar refractivity (Wildman–Crippen MR) is 358 cm³/mol. The average molecular weight is 1310 g/mol. The lowest BCUT2D eigenvalue weighted by Crippen LogP contribution is -2.30. The molecule has 0 bridgehead atoms. The number of aliphatic hydroxyl groups excluding tert-OH is 1. The number of aliphatic hydroxyl groups is 1. The van der Waals surface area contributed by atoms with Crippen LogP contribution in [0.4, 0.5) is 0 Å². The van der Waals surface area contributed by atoms with Gasteiger partial charge in [-0.25, -0.2) is 9.13 Å². The highest BCUT2D eigenvalue weighted by atomic mass is 31.2. The molecule has 19 heteroatoms. The molecule has 0 aliphatic heterocycles. The number of hydrogen-bond acceptors (Lipinski definition) is 15. The number of rotatable bonds is 67. The van der Waals surface area contributed by atoms with Gasteiger partial charge in [0.15, 0.2) is 12.2 Å². The minimum absolute atomic E-state index is 0.104. The first-order valence-electron chi connectivity index (χ1n) is 36.2. The van der Waals surface area contributed by atoms with Crippen molar-refractivity contribution in [2.24, 2.45) is 23.7 Å². The van der Waals surface area contributed by atoms with Gasteiger partial charge in [-0.2, -0.15) is 0 Å². The molecular formula is C70H136O17P2. The van der Waals surface area contributed by atoms with Gasteiger partial charge in [0, 0.05) is 25.7 Å². The Morgan fingerprint density at radius 2 is 0.539 bits per heavy atom. The van der Waals surface area contributed by atoms with Crippen LogP contribution in [0.2, 0.25) is 0 Å². The third kappa shape index (κ3) is 63.2. The Morgan fingerprint density at radius 3 is 0.798 bits per heavy atom. The van der Waals surface area contributed by atoms with Crippen LogP contribution in [0.25, 0.3) is 0 Å². The number of phosphoric acid groups is 2. The molecule has 0 fully saturated rings. The maximum atomic E-state index is 13.0. The molecule has 0 rings (SSSR count). The van der Waals surface area contributed by atoms with E-state index in [0.29, 0.717) is 25.7 Å². The van der Waals surface area contributed by atoms with Gasteiger partial charge < -0.3 is 33.8 Å². The van der Waals surface area contributed by atoms with E-state index in [1.54, 1.807) is 0 Å². The molecule has 0 aliphatic rings. The summed E-state index contributed by atoms with van der Waals surface area (Å²) in [6.45, 7) is 14.1. The van der Waals surface area contributed by atoms with Crippen molar-refractivity contribution in [1.82, 2.24) is 0 Å². The first-order chi connectivity index (χ1) is 42.6. The molecule has 528 valence electrons. The van der Waals surface area contributed by atoms with Gasteiger partial charge in [-0.3, -0.25) is 37.3 Å². The largest absolute Gasteiger partial charge is 0.472 e. The fourth-order valence-corrected chi connectivity index (χ4v) is 12.0. The van der Waals surface area contributed by atoms with Crippen molar-refractivity contribution in [3.8, 4) is 0 Å². The van der Waals surface area contributed by atoms with Crippen LogP contribution in [-0.4, -0.2) is 96.7 Å². The third-order valence-corrected chi connectivity index (χ3v) is 18.3. The van der Waals surface area contributed by atoms with E-state index in [1.165, 1.54) is 141 Å². The van der Waals surface area contributed by atoms with Gasteiger partial charge in [0.2, 0.25) is 0 Å². The number of carbonyl (C=O) groups excluding carboxylic acids is 4. The van der Waals surface area contributed by atoms with Crippen LogP contribution in [0, 0.1) is 23.7 Å². The van der Waals surface area contributed by atoms with Gasteiger partial charge in [-0.05, 0) is 49.4 Å². The average Bonchev–Trinajstić information content (AvgIpc) is 3.55. The molecule has 0 amide bonds. The number of hydrogen-bond donors (Lipinski definition) is 3. The fraction of sp³-hybridized carbons (Fsp3) is 0.943. The lowest BCUT2D eigenvalue weighted by atomic mass is 10.00. The van der Waals surface area contributed by atoms with E-state index in [9.17, 15) is 43.2 Å². The Morgan fingerprint density at radius 1 is 0.315 bits per heavy atom. The Bertz CT molecular complexity index is 1770. The van der Waals surface area contributed by atoms with E-state index in [2.05, 4.69) is 55.4 Å². The summed E-state index contributed by atoms with van der Waals surface area (Å²) in [5.74, 6) is 0.849. The van der Waals surface area contributed by atoms with Crippen LogP contribution >= 0.6 is 15.6 Å². The fourth-order valence-electron chi connectivity index (χ4n) is 10.5. The van der Waals surface area contributed by atoms with Crippen molar-refractivity contribution >= 4 is 39.5 Å². The lowest BCUT2D eigenvalue weighted by Gasteiger charge is -2.21. The van der Waals surface area contributed by atoms with E-state index < -0.39 is 97.5 Å². The maximum absolute atomic E-state index is 13.0. The van der Waals surface area contributed by atoms with Crippen molar-refractivity contribution in [2.45, 2.75) is 363 Å². The van der Waals surface area contributed by atoms with Gasteiger partial charge in [0.05, 0.1) is 26.4 Å². The van der Waals surface area contributed by atoms with E-state index in [1.807, 2.05) is 0 Å². The van der Waals surface area contributed by atoms with E-state index in [0.717, 1.165) is 120 Å². The highest BCUT2D eigenvalue weighted by Gasteiger charge is 2.30. The second-order valence-electron chi connectivity index (χ2n) is 26.9. The zero-order chi connectivity index (χ0) is 66.1. The molecule has 89 heavy (non-hydrogen) atoms. The van der Waals surface area contributed by atoms with Gasteiger partial charge in [-0.1, -0.05) is 293 Å². The molecular weight excluding hydrogens is 1170 g/mol. The minimum atomic E-state index is -4.95. The number of carbonyl (C=O) groups is 4. The number of unbranched alkanes of at least 4 members (excludes halogenated alkanes) is 32. The van der Waals surface area contributed by atoms with Gasteiger partial charge >= 0.3 is 39.5 Å². The summed E-state index contributed by atoms with van der Waals surface area (Å²) < 4.78 is 68.3. The van der Waals surface area contributed by atoms with E-state index in [-0.39, 0.29) is 25.7 Å². The number of phosphoric ester groups is 2. The van der Waals surface area contributed by atoms with Crippen LogP contribution in [-0.2, 0) is 65.4 Å². The summed E-state index contributed by atoms with van der Waals surface area (Å²) in [7, 11) is -9.90. The summed E-state index contributed by atoms with van der Waals surface area (Å²) in [4.78, 5) is 72.5. The molecule has 0 saturated carbocycles. The maximum Gasteiger partial charge on any atom is 0.472 e. The SMILES string of the molecule is CCC(C)CCCCCCCCC(=O)OC[C@H](COP(=O)(O)OCC(O)COP(=O)(O)OC[C@@H](COC(=O)CCCCCCCCCCC(C)C)OC(=O)CCCCCCCCCCCC(C)C)OC(=O)CCCCCCCCCCCCCCCC(C)C. The van der Waals surface area contributed by atoms with Crippen LogP contribution in [0.15, 0.2) is 0 Å². The minimum Gasteiger partial charge on any atom is -0.462 e. The van der Waals surface area contributed by atoms with Crippen LogP contribution in [0.1, 0.15) is 344 Å². The predicted octanol–water partition coefficient (Wildman–Crippen LogP) is 19.7. The summed E-state index contributed by atoms with van der Waals surface area (Å²) in [5, 5.41) is 10.6. The summed E-state index contributed by atoms with van der Waals surface area (Å²) in [6.07, 6.45) is 41.7. The smallest absolute Gasteiger partial charge is 0.462 e. The lowest BCUT2D eigenvalue weighted by molar-refractivity contribution is -0.161. The van der Waals surface area contributed by atoms with E-state index in [4.69, 9.17) is 37.0 Å². The van der Waals surface area contributed by atoms with Crippen molar-refractivity contribution in [1.29, 1.82) is 0 Å². The first-order valence-corrected chi connectivity index (χ1v) is 39.2. The van der Waals surface area contributed by atoms with Gasteiger partial charge in [0.1, 0.15) is 19.3 Å². The van der Waals surface area contributed by atoms with Crippen molar-refractivity contribution in [3.63, 3.8) is 0 Å². The topological polar surface area (TPSA) is 237 Å². The Hall–Kier alpha value is -1.94. The third-order valence-electron chi connectivity index (χ3n) is 16.4. The molecule has 0 spiro atoms. The second kappa shape index (κ2) is 59.8. The van der Waals surface area contributed by atoms with Crippen molar-refractivity contribution < 1.29 is 80.2 Å². The van der Waals surface area contributed by atoms with Crippen molar-refractivity contribution in [2.75, 3.05) is 39.6 Å². The molecule has 17 nitrogen and oxygen atoms in total. The van der Waals surface area contributed by atoms with Gasteiger partial charge in [-0.15, -0.1) is 0 Å². The number of esters is 4. The van der Waals surface area contributed by atoms with E-state index >= 15 is 0 Å². The molecule has 0 aromatic heterocycles. The molecule has 6 atom stereocenters. The summed E-state index contributed by atoms with van der Waals surface area (Å²) in [6, 6.07) is 0. The molecule has 0 saturated heterocycles. The number of ether oxygens (including phenoxy) is 4. The quantitative estimate of drug-likeness (QED) is 0.0222. The standard InChI is InChI=1S/C70H136O17P2/c1-9-63(8)49-41-33-28-29-35-43-51-68(73)81-57-66(87-69(74)52-44-36-26-18-14-12-10-11-13-16-22-30-38-46-60(2)3)59-85-89(78,79)83-55-64(71)54-82-88(76,77)84-58-65(56-80-67(72)50-42-34-25-21-20-24-32-40-48-62(6)7)86-70(75)53-45-37-27-19-15-17-23-31-39-47-61(4)5/h60-66,71H,9-59H2,1-8H3,(H,76,77)(H,78,79)/t63?,64?,65-,66-/m1/s1. The zero-order valence-corrected chi connectivity index (χ0v) is 59.8. The second-order valence-corrected chi connectivity index (χ2v) is 29.8. The Labute approximate surface area is 543 Å². The Kier molecular flexibility index (Phi) is 58.5. The van der Waals surface area contributed by atoms with Gasteiger partial charge in [0.25, 0.3) is 0 Å².